The van der Waals surface area contributed by atoms with Gasteiger partial charge in [-0.1, -0.05) is 23.2 Å². The maximum atomic E-state index is 12.1. The number of hydrogen-bond donors (Lipinski definition) is 2. The topological polar surface area (TPSA) is 72.2 Å². The molecule has 0 radical (unpaired) electrons. The molecule has 0 unspecified atom stereocenters. The largest absolute Gasteiger partial charge is 0.326 e. The number of nitrogens with two attached hydrogens (primary N) is 1. The summed E-state index contributed by atoms with van der Waals surface area (Å²) in [7, 11) is -3.66. The van der Waals surface area contributed by atoms with Crippen LogP contribution in [0.4, 0.5) is 0 Å². The van der Waals surface area contributed by atoms with Gasteiger partial charge in [0.05, 0.1) is 5.02 Å². The third kappa shape index (κ3) is 4.81. The highest BCUT2D eigenvalue weighted by atomic mass is 35.5. The normalized spacial score (nSPS) is 11.8. The van der Waals surface area contributed by atoms with Crippen LogP contribution in [0.5, 0.6) is 0 Å². The summed E-state index contributed by atoms with van der Waals surface area (Å²) in [4.78, 5) is -0.0220. The minimum atomic E-state index is -3.66. The highest BCUT2D eigenvalue weighted by Crippen LogP contribution is 2.29. The molecule has 4 nitrogen and oxygen atoms in total. The smallest absolute Gasteiger partial charge is 0.242 e. The summed E-state index contributed by atoms with van der Waals surface area (Å²) in [5.74, 6) is 0.889. The summed E-state index contributed by atoms with van der Waals surface area (Å²) in [5.41, 5.74) is 6.02. The predicted molar refractivity (Wildman–Crippen MR) is 82.5 cm³/mol. The fraction of sp³-hybridized carbons (Fsp3) is 0.455. The number of rotatable bonds is 7. The minimum Gasteiger partial charge on any atom is -0.326 e. The molecule has 0 aliphatic carbocycles. The molecule has 1 aromatic carbocycles. The van der Waals surface area contributed by atoms with Crippen LogP contribution in [0.25, 0.3) is 0 Å². The molecule has 0 spiro atoms. The van der Waals surface area contributed by atoms with Gasteiger partial charge >= 0.3 is 0 Å². The van der Waals surface area contributed by atoms with Crippen molar-refractivity contribution in [1.29, 1.82) is 0 Å². The number of sulfonamides is 1. The third-order valence-electron chi connectivity index (χ3n) is 2.41. The Bertz CT molecular complexity index is 536. The van der Waals surface area contributed by atoms with Crippen LogP contribution >= 0.6 is 35.0 Å². The average Bonchev–Trinajstić information content (AvgIpc) is 2.37. The molecular weight excluding hydrogens is 327 g/mol. The van der Waals surface area contributed by atoms with Gasteiger partial charge in [-0.2, -0.15) is 11.8 Å². The second kappa shape index (κ2) is 7.71. The van der Waals surface area contributed by atoms with Gasteiger partial charge in [-0.3, -0.25) is 0 Å². The molecule has 0 amide bonds. The molecule has 0 bridgehead atoms. The Balaban J connectivity index is 2.98. The molecule has 8 heteroatoms. The first-order valence-corrected chi connectivity index (χ1v) is 9.22. The maximum Gasteiger partial charge on any atom is 0.242 e. The second-order valence-corrected chi connectivity index (χ2v) is 7.36. The lowest BCUT2D eigenvalue weighted by Gasteiger charge is -2.11. The van der Waals surface area contributed by atoms with Crippen molar-refractivity contribution in [2.24, 2.45) is 5.73 Å². The van der Waals surface area contributed by atoms with E-state index >= 15 is 0 Å². The molecule has 0 atom stereocenters. The summed E-state index contributed by atoms with van der Waals surface area (Å²) >= 11 is 13.6. The van der Waals surface area contributed by atoms with Crippen LogP contribution in [0.3, 0.4) is 0 Å². The standard InChI is InChI=1S/C11H16Cl2N2O2S2/c1-18-4-2-3-15-19(16,17)10-6-9(12)5-8(7-14)11(10)13/h5-6,15H,2-4,7,14H2,1H3. The molecule has 0 aromatic heterocycles. The van der Waals surface area contributed by atoms with Crippen molar-refractivity contribution >= 4 is 45.0 Å². The van der Waals surface area contributed by atoms with E-state index in [1.165, 1.54) is 6.07 Å². The van der Waals surface area contributed by atoms with Crippen molar-refractivity contribution in [3.05, 3.63) is 27.7 Å². The Hall–Kier alpha value is 0.0200. The van der Waals surface area contributed by atoms with E-state index in [9.17, 15) is 8.42 Å². The minimum absolute atomic E-state index is 0.0220. The summed E-state index contributed by atoms with van der Waals surface area (Å²) in [6.45, 7) is 0.498. The molecule has 108 valence electrons. The van der Waals surface area contributed by atoms with Crippen LogP contribution < -0.4 is 10.5 Å². The maximum absolute atomic E-state index is 12.1. The van der Waals surface area contributed by atoms with Gasteiger partial charge in [0.25, 0.3) is 0 Å². The molecule has 0 aliphatic heterocycles. The third-order valence-corrected chi connectivity index (χ3v) is 5.36. The van der Waals surface area contributed by atoms with Gasteiger partial charge < -0.3 is 5.73 Å². The van der Waals surface area contributed by atoms with Crippen LogP contribution in [0, 0.1) is 0 Å². The van der Waals surface area contributed by atoms with E-state index in [1.54, 1.807) is 17.8 Å². The molecule has 19 heavy (non-hydrogen) atoms. The fourth-order valence-corrected chi connectivity index (χ4v) is 3.91. The fourth-order valence-electron chi connectivity index (χ4n) is 1.46. The molecule has 0 saturated carbocycles. The summed E-state index contributed by atoms with van der Waals surface area (Å²) in [6, 6.07) is 2.90. The molecule has 3 N–H and O–H groups in total. The summed E-state index contributed by atoms with van der Waals surface area (Å²) in [5, 5.41) is 0.429. The zero-order chi connectivity index (χ0) is 14.5. The Morgan fingerprint density at radius 1 is 1.37 bits per heavy atom. The van der Waals surface area contributed by atoms with Crippen LogP contribution in [0.15, 0.2) is 17.0 Å². The van der Waals surface area contributed by atoms with Crippen LogP contribution in [0.1, 0.15) is 12.0 Å². The Morgan fingerprint density at radius 3 is 2.63 bits per heavy atom. The number of halogens is 2. The Morgan fingerprint density at radius 2 is 2.05 bits per heavy atom. The van der Waals surface area contributed by atoms with E-state index in [0.717, 1.165) is 12.2 Å². The number of thioether (sulfide) groups is 1. The van der Waals surface area contributed by atoms with Crippen molar-refractivity contribution in [1.82, 2.24) is 4.72 Å². The lowest BCUT2D eigenvalue weighted by molar-refractivity contribution is 0.581. The van der Waals surface area contributed by atoms with Gasteiger partial charge in [0.2, 0.25) is 10.0 Å². The molecule has 1 rings (SSSR count). The zero-order valence-electron chi connectivity index (χ0n) is 10.4. The predicted octanol–water partition coefficient (Wildman–Crippen LogP) is 2.48. The van der Waals surface area contributed by atoms with Crippen LogP contribution in [-0.4, -0.2) is 27.0 Å². The van der Waals surface area contributed by atoms with E-state index in [1.807, 2.05) is 6.26 Å². The average molecular weight is 343 g/mol. The number of nitrogens with one attached hydrogen (secondary N) is 1. The summed E-state index contributed by atoms with van der Waals surface area (Å²) < 4.78 is 26.8. The van der Waals surface area contributed by atoms with Crippen LogP contribution in [-0.2, 0) is 16.6 Å². The molecule has 0 heterocycles. The highest BCUT2D eigenvalue weighted by molar-refractivity contribution is 7.98. The molecule has 0 aliphatic rings. The Labute approximate surface area is 128 Å². The van der Waals surface area contributed by atoms with Crippen molar-refractivity contribution in [3.8, 4) is 0 Å². The first-order valence-electron chi connectivity index (χ1n) is 5.59. The van der Waals surface area contributed by atoms with E-state index in [0.29, 0.717) is 17.1 Å². The van der Waals surface area contributed by atoms with E-state index in [-0.39, 0.29) is 16.5 Å². The van der Waals surface area contributed by atoms with Crippen molar-refractivity contribution in [2.45, 2.75) is 17.9 Å². The molecule has 1 aromatic rings. The zero-order valence-corrected chi connectivity index (χ0v) is 13.6. The lowest BCUT2D eigenvalue weighted by Crippen LogP contribution is -2.25. The SMILES string of the molecule is CSCCCNS(=O)(=O)c1cc(Cl)cc(CN)c1Cl. The molecular formula is C11H16Cl2N2O2S2. The second-order valence-electron chi connectivity index (χ2n) is 3.83. The number of benzene rings is 1. The van der Waals surface area contributed by atoms with Crippen molar-refractivity contribution < 1.29 is 8.42 Å². The van der Waals surface area contributed by atoms with E-state index in [2.05, 4.69) is 4.72 Å². The van der Waals surface area contributed by atoms with E-state index < -0.39 is 10.0 Å². The quantitative estimate of drug-likeness (QED) is 0.746. The number of hydrogen-bond acceptors (Lipinski definition) is 4. The van der Waals surface area contributed by atoms with Gasteiger partial charge in [-0.15, -0.1) is 0 Å². The monoisotopic (exact) mass is 342 g/mol. The van der Waals surface area contributed by atoms with Gasteiger partial charge in [-0.05, 0) is 36.1 Å². The highest BCUT2D eigenvalue weighted by Gasteiger charge is 2.20. The Kier molecular flexibility index (Phi) is 6.93. The first kappa shape index (κ1) is 17.1. The molecule has 0 saturated heterocycles. The van der Waals surface area contributed by atoms with E-state index in [4.69, 9.17) is 28.9 Å². The molecule has 0 fully saturated rings. The van der Waals surface area contributed by atoms with Crippen molar-refractivity contribution in [3.63, 3.8) is 0 Å². The van der Waals surface area contributed by atoms with Crippen molar-refractivity contribution in [2.75, 3.05) is 18.6 Å². The van der Waals surface area contributed by atoms with Gasteiger partial charge in [0.15, 0.2) is 0 Å². The first-order chi connectivity index (χ1) is 8.92. The summed E-state index contributed by atoms with van der Waals surface area (Å²) in [6.07, 6.45) is 2.72. The lowest BCUT2D eigenvalue weighted by atomic mass is 10.2. The van der Waals surface area contributed by atoms with Crippen LogP contribution in [0.2, 0.25) is 10.0 Å². The van der Waals surface area contributed by atoms with Gasteiger partial charge in [0, 0.05) is 18.1 Å². The van der Waals surface area contributed by atoms with Gasteiger partial charge in [0.1, 0.15) is 4.90 Å². The van der Waals surface area contributed by atoms with Gasteiger partial charge in [-0.25, -0.2) is 13.1 Å².